The van der Waals surface area contributed by atoms with Crippen LogP contribution < -0.4 is 0 Å². The average Bonchev–Trinajstić information content (AvgIpc) is 2.67. The van der Waals surface area contributed by atoms with Gasteiger partial charge in [-0.25, -0.2) is 0 Å². The zero-order chi connectivity index (χ0) is 17.6. The molecule has 0 saturated heterocycles. The van der Waals surface area contributed by atoms with Crippen molar-refractivity contribution >= 4 is 18.0 Å². The average molecular weight is 356 g/mol. The molecule has 1 fully saturated rings. The number of nitriles is 1. The molecule has 0 radical (unpaired) electrons. The van der Waals surface area contributed by atoms with E-state index in [9.17, 15) is 0 Å². The van der Waals surface area contributed by atoms with E-state index in [4.69, 9.17) is 17.0 Å². The van der Waals surface area contributed by atoms with Gasteiger partial charge in [-0.05, 0) is 47.9 Å². The van der Waals surface area contributed by atoms with Crippen molar-refractivity contribution in [2.75, 3.05) is 0 Å². The van der Waals surface area contributed by atoms with Gasteiger partial charge < -0.3 is 0 Å². The first-order valence-corrected chi connectivity index (χ1v) is 9.71. The topological polar surface area (TPSA) is 39.4 Å². The molecule has 132 valence electrons. The Kier molecular flexibility index (Phi) is 6.15. The monoisotopic (exact) mass is 355 g/mol. The molecule has 0 spiro atoms. The van der Waals surface area contributed by atoms with Crippen LogP contribution in [0.5, 0.6) is 0 Å². The highest BCUT2D eigenvalue weighted by molar-refractivity contribution is 6.14. The van der Waals surface area contributed by atoms with Crippen molar-refractivity contribution in [2.24, 2.45) is 16.8 Å². The quantitative estimate of drug-likeness (QED) is 0.609. The third-order valence-electron chi connectivity index (χ3n) is 5.63. The van der Waals surface area contributed by atoms with E-state index < -0.39 is 0 Å². The Hall–Kier alpha value is -1.79. The van der Waals surface area contributed by atoms with Crippen molar-refractivity contribution in [2.45, 2.75) is 58.0 Å². The first-order chi connectivity index (χ1) is 12.2. The molecule has 1 aromatic rings. The van der Waals surface area contributed by atoms with Crippen LogP contribution in [0.25, 0.3) is 0 Å². The molecule has 1 heterocycles. The summed E-state index contributed by atoms with van der Waals surface area (Å²) in [5, 5.41) is 8.90. The summed E-state index contributed by atoms with van der Waals surface area (Å²) in [5.74, 6) is 1.82. The molecule has 3 nitrogen and oxygen atoms in total. The molecule has 25 heavy (non-hydrogen) atoms. The van der Waals surface area contributed by atoms with Gasteiger partial charge in [0.15, 0.2) is 6.17 Å². The number of rotatable bonds is 5. The second-order valence-electron chi connectivity index (χ2n) is 7.27. The van der Waals surface area contributed by atoms with E-state index in [0.29, 0.717) is 5.56 Å². The molecule has 0 bridgehead atoms. The van der Waals surface area contributed by atoms with Crippen LogP contribution in [-0.4, -0.2) is 10.6 Å². The molecule has 0 N–H and O–H groups in total. The van der Waals surface area contributed by atoms with Crippen LogP contribution >= 0.6 is 11.8 Å². The normalized spacial score (nSPS) is 26.2. The van der Waals surface area contributed by atoms with Gasteiger partial charge in [0.2, 0.25) is 0 Å². The summed E-state index contributed by atoms with van der Waals surface area (Å²) in [5.41, 5.74) is 2.86. The molecule has 1 unspecified atom stereocenters. The molecule has 1 aliphatic heterocycles. The highest BCUT2D eigenvalue weighted by atomic mass is 35.5. The lowest BCUT2D eigenvalue weighted by molar-refractivity contribution is 0.259. The van der Waals surface area contributed by atoms with Gasteiger partial charge in [0.1, 0.15) is 0 Å². The van der Waals surface area contributed by atoms with Crippen molar-refractivity contribution in [3.05, 3.63) is 47.2 Å². The largest absolute Gasteiger partial charge is 0.264 e. The highest BCUT2D eigenvalue weighted by Crippen LogP contribution is 2.35. The second-order valence-corrected chi connectivity index (χ2v) is 7.66. The Morgan fingerprint density at radius 3 is 2.44 bits per heavy atom. The first-order valence-electron chi connectivity index (χ1n) is 9.37. The molecular weight excluding hydrogens is 330 g/mol. The van der Waals surface area contributed by atoms with Gasteiger partial charge in [-0.3, -0.25) is 9.41 Å². The van der Waals surface area contributed by atoms with Crippen LogP contribution in [0.1, 0.15) is 69.2 Å². The number of allylic oxidation sites excluding steroid dienone is 1. The number of hydrogen-bond donors (Lipinski definition) is 0. The number of nitrogens with zero attached hydrogens (tertiary/aromatic N) is 3. The fourth-order valence-corrected chi connectivity index (χ4v) is 4.17. The number of hydrogen-bond acceptors (Lipinski definition) is 3. The van der Waals surface area contributed by atoms with Gasteiger partial charge in [-0.1, -0.05) is 51.2 Å². The SMILES string of the molecule is CC[C@H]1CC[C@H](CCC2=CN(Cl)C(c3ccc(C#N)cc3)N=C2)CC1. The Morgan fingerprint density at radius 1 is 1.16 bits per heavy atom. The molecule has 2 aliphatic rings. The van der Waals surface area contributed by atoms with E-state index in [1.165, 1.54) is 44.1 Å². The lowest BCUT2D eigenvalue weighted by Gasteiger charge is -2.29. The minimum atomic E-state index is -0.210. The summed E-state index contributed by atoms with van der Waals surface area (Å²) in [6.07, 6.45) is 12.9. The Balaban J connectivity index is 1.52. The van der Waals surface area contributed by atoms with Crippen molar-refractivity contribution in [1.82, 2.24) is 4.42 Å². The maximum absolute atomic E-state index is 8.90. The summed E-state index contributed by atoms with van der Waals surface area (Å²) in [7, 11) is 0. The van der Waals surface area contributed by atoms with Crippen LogP contribution in [0.2, 0.25) is 0 Å². The predicted octanol–water partition coefficient (Wildman–Crippen LogP) is 5.98. The third kappa shape index (κ3) is 4.64. The maximum Gasteiger partial charge on any atom is 0.161 e. The zero-order valence-electron chi connectivity index (χ0n) is 14.9. The molecule has 1 saturated carbocycles. The Morgan fingerprint density at radius 2 is 1.84 bits per heavy atom. The summed E-state index contributed by atoms with van der Waals surface area (Å²) < 4.78 is 1.66. The minimum Gasteiger partial charge on any atom is -0.264 e. The highest BCUT2D eigenvalue weighted by Gasteiger charge is 2.22. The minimum absolute atomic E-state index is 0.210. The molecule has 3 rings (SSSR count). The van der Waals surface area contributed by atoms with Crippen LogP contribution in [-0.2, 0) is 0 Å². The summed E-state index contributed by atoms with van der Waals surface area (Å²) >= 11 is 6.42. The summed E-state index contributed by atoms with van der Waals surface area (Å²) in [4.78, 5) is 4.62. The van der Waals surface area contributed by atoms with Gasteiger partial charge in [0.25, 0.3) is 0 Å². The van der Waals surface area contributed by atoms with Crippen LogP contribution in [0.3, 0.4) is 0 Å². The van der Waals surface area contributed by atoms with Gasteiger partial charge in [-0.2, -0.15) is 5.26 Å². The van der Waals surface area contributed by atoms with Crippen LogP contribution in [0, 0.1) is 23.2 Å². The van der Waals surface area contributed by atoms with Crippen LogP contribution in [0.15, 0.2) is 41.0 Å². The smallest absolute Gasteiger partial charge is 0.161 e. The predicted molar refractivity (Wildman–Crippen MR) is 103 cm³/mol. The van der Waals surface area contributed by atoms with Gasteiger partial charge in [-0.15, -0.1) is 0 Å². The first kappa shape index (κ1) is 18.0. The lowest BCUT2D eigenvalue weighted by atomic mass is 9.78. The number of halogens is 1. The van der Waals surface area contributed by atoms with Crippen molar-refractivity contribution in [1.29, 1.82) is 5.26 Å². The zero-order valence-corrected chi connectivity index (χ0v) is 15.6. The van der Waals surface area contributed by atoms with E-state index in [1.54, 1.807) is 16.6 Å². The fourth-order valence-electron chi connectivity index (χ4n) is 3.88. The molecule has 1 aliphatic carbocycles. The number of benzene rings is 1. The van der Waals surface area contributed by atoms with E-state index >= 15 is 0 Å². The van der Waals surface area contributed by atoms with Crippen LogP contribution in [0.4, 0.5) is 0 Å². The standard InChI is InChI=1S/C21H26ClN3/c1-2-16-3-5-17(6-4-16)7-8-19-14-24-21(25(22)15-19)20-11-9-18(13-23)10-12-20/h9-12,14-17,21H,2-8H2,1H3/t16-,17-,21?. The second kappa shape index (κ2) is 8.54. The van der Waals surface area contributed by atoms with E-state index in [1.807, 2.05) is 24.5 Å². The Bertz CT molecular complexity index is 663. The number of aliphatic imine (C=N–C) groups is 1. The van der Waals surface area contributed by atoms with E-state index in [2.05, 4.69) is 18.0 Å². The van der Waals surface area contributed by atoms with Gasteiger partial charge in [0.05, 0.1) is 11.6 Å². The van der Waals surface area contributed by atoms with Crippen molar-refractivity contribution < 1.29 is 0 Å². The van der Waals surface area contributed by atoms with E-state index in [0.717, 1.165) is 23.8 Å². The van der Waals surface area contributed by atoms with Gasteiger partial charge in [0, 0.05) is 24.2 Å². The fraction of sp³-hybridized carbons (Fsp3) is 0.524. The summed E-state index contributed by atoms with van der Waals surface area (Å²) in [6, 6.07) is 9.58. The van der Waals surface area contributed by atoms with E-state index in [-0.39, 0.29) is 6.17 Å². The molecule has 0 amide bonds. The Labute approximate surface area is 156 Å². The molecule has 0 aromatic heterocycles. The molecule has 4 heteroatoms. The molecule has 1 aromatic carbocycles. The van der Waals surface area contributed by atoms with Crippen molar-refractivity contribution in [3.63, 3.8) is 0 Å². The van der Waals surface area contributed by atoms with Crippen molar-refractivity contribution in [3.8, 4) is 6.07 Å². The molecular formula is C21H26ClN3. The third-order valence-corrected chi connectivity index (χ3v) is 5.91. The molecule has 1 atom stereocenters. The maximum atomic E-state index is 8.90. The summed E-state index contributed by atoms with van der Waals surface area (Å²) in [6.45, 7) is 2.31. The van der Waals surface area contributed by atoms with Gasteiger partial charge >= 0.3 is 0 Å². The lowest BCUT2D eigenvalue weighted by Crippen LogP contribution is -2.18.